The van der Waals surface area contributed by atoms with Crippen molar-refractivity contribution in [1.29, 1.82) is 5.26 Å². The topological polar surface area (TPSA) is 47.9 Å². The second-order valence-corrected chi connectivity index (χ2v) is 27.2. The van der Waals surface area contributed by atoms with Crippen molar-refractivity contribution < 1.29 is 0 Å². The highest BCUT2D eigenvalue weighted by Gasteiger charge is 2.37. The van der Waals surface area contributed by atoms with Crippen LogP contribution in [0, 0.1) is 24.8 Å². The van der Waals surface area contributed by atoms with Gasteiger partial charge in [0.15, 0.2) is 0 Å². The zero-order chi connectivity index (χ0) is 57.5. The molecule has 0 spiro atoms. The number of nitrogens with zero attached hydrogens (tertiary/aromatic N) is 6. The van der Waals surface area contributed by atoms with Crippen LogP contribution in [0.1, 0.15) is 63.8 Å². The van der Waals surface area contributed by atoms with Gasteiger partial charge in [-0.3, -0.25) is 0 Å². The van der Waals surface area contributed by atoms with Gasteiger partial charge in [-0.1, -0.05) is 181 Å². The Labute approximate surface area is 498 Å². The fourth-order valence-corrected chi connectivity index (χ4v) is 16.9. The summed E-state index contributed by atoms with van der Waals surface area (Å²) in [5.41, 5.74) is 14.4. The van der Waals surface area contributed by atoms with Gasteiger partial charge in [0.2, 0.25) is 5.69 Å². The average Bonchev–Trinajstić information content (AvgIpc) is 1.63. The minimum atomic E-state index is -0.234. The first-order valence-corrected chi connectivity index (χ1v) is 30.7. The zero-order valence-corrected chi connectivity index (χ0v) is 49.7. The Hall–Kier alpha value is -9.96. The normalized spacial score (nSPS) is 12.6. The highest BCUT2D eigenvalue weighted by Crippen LogP contribution is 2.55. The van der Waals surface area contributed by atoms with Gasteiger partial charge in [-0.25, -0.2) is 4.85 Å². The summed E-state index contributed by atoms with van der Waals surface area (Å²) in [6.45, 7) is 26.2. The highest BCUT2D eigenvalue weighted by atomic mass is 32.1. The Balaban J connectivity index is 1.22. The van der Waals surface area contributed by atoms with Crippen LogP contribution in [0.5, 0.6) is 0 Å². The van der Waals surface area contributed by atoms with E-state index in [0.717, 1.165) is 113 Å². The third-order valence-electron chi connectivity index (χ3n) is 18.1. The molecule has 6 aromatic heterocycles. The lowest BCUT2D eigenvalue weighted by Gasteiger charge is -2.28. The summed E-state index contributed by atoms with van der Waals surface area (Å²) in [6.07, 6.45) is 0. The van der Waals surface area contributed by atoms with Crippen molar-refractivity contribution in [3.05, 3.63) is 234 Å². The van der Waals surface area contributed by atoms with E-state index in [-0.39, 0.29) is 10.8 Å². The second kappa shape index (κ2) is 17.5. The second-order valence-electron chi connectivity index (χ2n) is 25.1. The van der Waals surface area contributed by atoms with Gasteiger partial charge in [-0.15, -0.1) is 22.7 Å². The van der Waals surface area contributed by atoms with Crippen molar-refractivity contribution in [2.75, 3.05) is 0 Å². The Kier molecular flexibility index (Phi) is 10.2. The smallest absolute Gasteiger partial charge is 0.237 e. The summed E-state index contributed by atoms with van der Waals surface area (Å²) >= 11 is 3.61. The van der Waals surface area contributed by atoms with E-state index in [1.807, 2.05) is 11.3 Å². The van der Waals surface area contributed by atoms with Crippen LogP contribution in [0.3, 0.4) is 0 Å². The molecule has 17 aromatic rings. The number of aryl methyl sites for hydroxylation is 1. The molecular formula is C77H54N6S2. The number of hydrogen-bond donors (Lipinski definition) is 0. The number of nitriles is 1. The third-order valence-corrected chi connectivity index (χ3v) is 20.5. The number of fused-ring (bicyclic) bond motifs is 20. The quantitative estimate of drug-likeness (QED) is 0.162. The molecule has 0 amide bonds. The maximum Gasteiger partial charge on any atom is 0.237 e. The summed E-state index contributed by atoms with van der Waals surface area (Å²) in [6, 6.07) is 75.8. The molecule has 0 unspecified atom stereocenters. The number of hydrogen-bond acceptors (Lipinski definition) is 3. The third kappa shape index (κ3) is 6.72. The summed E-state index contributed by atoms with van der Waals surface area (Å²) in [5, 5.41) is 26.4. The van der Waals surface area contributed by atoms with E-state index in [9.17, 15) is 11.8 Å². The molecule has 0 aliphatic carbocycles. The molecule has 0 fully saturated rings. The molecule has 0 N–H and O–H groups in total. The van der Waals surface area contributed by atoms with E-state index in [1.165, 1.54) is 36.7 Å². The lowest BCUT2D eigenvalue weighted by atomic mass is 9.82. The molecule has 85 heavy (non-hydrogen) atoms. The van der Waals surface area contributed by atoms with Crippen LogP contribution < -0.4 is 0 Å². The summed E-state index contributed by atoms with van der Waals surface area (Å²) in [7, 11) is 0. The van der Waals surface area contributed by atoms with Gasteiger partial charge in [0, 0.05) is 74.0 Å². The lowest BCUT2D eigenvalue weighted by molar-refractivity contribution is 0.591. The van der Waals surface area contributed by atoms with E-state index < -0.39 is 0 Å². The molecule has 404 valence electrons. The van der Waals surface area contributed by atoms with E-state index >= 15 is 0 Å². The molecule has 11 aromatic carbocycles. The summed E-state index contributed by atoms with van der Waals surface area (Å²) in [5.74, 6) is 0. The van der Waals surface area contributed by atoms with Gasteiger partial charge in [-0.05, 0) is 95.6 Å². The minimum Gasteiger partial charge on any atom is -0.317 e. The van der Waals surface area contributed by atoms with E-state index in [4.69, 9.17) is 4.85 Å². The first-order chi connectivity index (χ1) is 41.3. The predicted molar refractivity (Wildman–Crippen MR) is 363 cm³/mol. The Morgan fingerprint density at radius 3 is 1.45 bits per heavy atom. The maximum absolute atomic E-state index is 13.0. The number of rotatable bonds is 4. The number of benzene rings is 11. The van der Waals surface area contributed by atoms with Gasteiger partial charge >= 0.3 is 0 Å². The monoisotopic (exact) mass is 1130 g/mol. The van der Waals surface area contributed by atoms with Crippen molar-refractivity contribution in [3.8, 4) is 28.8 Å². The van der Waals surface area contributed by atoms with Crippen molar-refractivity contribution in [2.45, 2.75) is 59.3 Å². The maximum atomic E-state index is 13.0. The number of thiophene rings is 2. The molecule has 0 radical (unpaired) electrons. The van der Waals surface area contributed by atoms with Crippen LogP contribution in [0.25, 0.3) is 155 Å². The summed E-state index contributed by atoms with van der Waals surface area (Å²) < 4.78 is 14.2. The molecule has 0 aliphatic heterocycles. The largest absolute Gasteiger partial charge is 0.317 e. The molecule has 0 bridgehead atoms. The van der Waals surface area contributed by atoms with Crippen molar-refractivity contribution in [1.82, 2.24) is 18.3 Å². The average molecular weight is 1130 g/mol. The number of para-hydroxylation sites is 4. The minimum absolute atomic E-state index is 0.174. The Morgan fingerprint density at radius 2 is 0.871 bits per heavy atom. The van der Waals surface area contributed by atoms with E-state index in [2.05, 4.69) is 273 Å². The standard InChI is InChI=1S/C77H54N6S2/c1-43-33-37-62-53(39-43)50-35-36-51-49-25-13-19-31-64(49)84-74(51)70(50)82(62)68-56(42-78)69(80-58-27-15-9-21-45(58)46-22-10-16-28-59(46)80)73(72(67(68)79-8)81-60-29-17-11-23-47(60)48-24-12-18-30-61(48)81)83-63-38-34-44(76(2,3)4)40-54(63)55-41-57(77(5,6)7)66-52-26-14-20-32-65(52)85-75(66)71(55)83/h9-41H,1-7H3. The van der Waals surface area contributed by atoms with Crippen molar-refractivity contribution >= 4 is 156 Å². The van der Waals surface area contributed by atoms with Gasteiger partial charge in [-0.2, -0.15) is 5.26 Å². The fourth-order valence-electron chi connectivity index (χ4n) is 14.4. The van der Waals surface area contributed by atoms with Crippen molar-refractivity contribution in [3.63, 3.8) is 0 Å². The van der Waals surface area contributed by atoms with Crippen LogP contribution in [-0.2, 0) is 10.8 Å². The van der Waals surface area contributed by atoms with Crippen LogP contribution in [-0.4, -0.2) is 18.3 Å². The molecule has 0 saturated heterocycles. The molecular weight excluding hydrogens is 1070 g/mol. The number of aromatic nitrogens is 4. The molecule has 0 atom stereocenters. The van der Waals surface area contributed by atoms with Gasteiger partial charge < -0.3 is 18.3 Å². The van der Waals surface area contributed by atoms with Crippen molar-refractivity contribution in [2.24, 2.45) is 0 Å². The van der Waals surface area contributed by atoms with Gasteiger partial charge in [0.1, 0.15) is 6.07 Å². The van der Waals surface area contributed by atoms with Crippen LogP contribution in [0.4, 0.5) is 5.69 Å². The fraction of sp³-hybridized carbons (Fsp3) is 0.117. The Morgan fingerprint density at radius 1 is 0.400 bits per heavy atom. The van der Waals surface area contributed by atoms with E-state index in [0.29, 0.717) is 28.3 Å². The highest BCUT2D eigenvalue weighted by molar-refractivity contribution is 7.27. The molecule has 6 heterocycles. The molecule has 0 saturated carbocycles. The molecule has 0 aliphatic rings. The molecule has 8 heteroatoms. The van der Waals surface area contributed by atoms with Crippen LogP contribution >= 0.6 is 22.7 Å². The molecule has 17 rings (SSSR count). The molecule has 6 nitrogen and oxygen atoms in total. The first-order valence-electron chi connectivity index (χ1n) is 29.1. The first kappa shape index (κ1) is 49.6. The predicted octanol–water partition coefficient (Wildman–Crippen LogP) is 22.1. The lowest BCUT2D eigenvalue weighted by Crippen LogP contribution is -2.15. The Bertz CT molecular complexity index is 5660. The van der Waals surface area contributed by atoms with Crippen LogP contribution in [0.15, 0.2) is 200 Å². The zero-order valence-electron chi connectivity index (χ0n) is 48.1. The van der Waals surface area contributed by atoms with Gasteiger partial charge in [0.05, 0.1) is 88.4 Å². The van der Waals surface area contributed by atoms with Gasteiger partial charge in [0.25, 0.3) is 0 Å². The SMILES string of the molecule is [C-]#[N+]c1c(-n2c3ccccc3c3ccccc32)c(-n2c3ccc(C(C)(C)C)cc3c3cc(C(C)(C)C)c4c5ccccc5sc4c32)c(-n2c3ccccc3c3ccccc32)c(C#N)c1-n1c2ccc(C)cc2c2ccc3c4ccccc4sc3c21. The van der Waals surface area contributed by atoms with Crippen LogP contribution in [0.2, 0.25) is 0 Å². The van der Waals surface area contributed by atoms with E-state index in [1.54, 1.807) is 11.3 Å². The summed E-state index contributed by atoms with van der Waals surface area (Å²) in [4.78, 5) is 4.97.